The molecule has 136 valence electrons. The molecule has 1 saturated carbocycles. The fourth-order valence-electron chi connectivity index (χ4n) is 3.26. The molecule has 1 aliphatic rings. The number of nitrogens with two attached hydrogens (primary N) is 1. The smallest absolute Gasteiger partial charge is 0.245 e. The zero-order valence-corrected chi connectivity index (χ0v) is 16.4. The highest BCUT2D eigenvalue weighted by Crippen LogP contribution is 2.50. The second kappa shape index (κ2) is 7.46. The van der Waals surface area contributed by atoms with Crippen LogP contribution in [0.5, 0.6) is 0 Å². The molecule has 1 heterocycles. The first-order chi connectivity index (χ1) is 11.4. The van der Waals surface area contributed by atoms with Gasteiger partial charge in [-0.1, -0.05) is 32.0 Å². The Balaban J connectivity index is 0.00000225. The van der Waals surface area contributed by atoms with Gasteiger partial charge in [-0.3, -0.25) is 4.79 Å². The van der Waals surface area contributed by atoms with Gasteiger partial charge in [0.25, 0.3) is 0 Å². The van der Waals surface area contributed by atoms with E-state index in [-0.39, 0.29) is 24.4 Å². The second-order valence-corrected chi connectivity index (χ2v) is 7.80. The van der Waals surface area contributed by atoms with Crippen LogP contribution in [-0.2, 0) is 9.53 Å². The summed E-state index contributed by atoms with van der Waals surface area (Å²) in [5.74, 6) is -0.146. The van der Waals surface area contributed by atoms with E-state index in [9.17, 15) is 4.79 Å². The minimum atomic E-state index is -0.911. The Morgan fingerprint density at radius 1 is 1.36 bits per heavy atom. The van der Waals surface area contributed by atoms with E-state index in [2.05, 4.69) is 11.4 Å². The molecule has 2 unspecified atom stereocenters. The van der Waals surface area contributed by atoms with Gasteiger partial charge >= 0.3 is 0 Å². The van der Waals surface area contributed by atoms with Crippen molar-refractivity contribution < 1.29 is 9.53 Å². The lowest BCUT2D eigenvalue weighted by molar-refractivity contribution is -0.166. The van der Waals surface area contributed by atoms with E-state index < -0.39 is 11.0 Å². The van der Waals surface area contributed by atoms with Crippen LogP contribution in [0.4, 0.5) is 5.69 Å². The molecule has 3 N–H and O–H groups in total. The molecule has 0 aliphatic heterocycles. The molecule has 1 amide bonds. The number of halogens is 1. The average Bonchev–Trinajstić information content (AvgIpc) is 3.09. The van der Waals surface area contributed by atoms with Crippen molar-refractivity contribution in [2.45, 2.75) is 38.8 Å². The van der Waals surface area contributed by atoms with Gasteiger partial charge in [0.1, 0.15) is 5.54 Å². The quantitative estimate of drug-likeness (QED) is 0.812. The lowest BCUT2D eigenvalue weighted by Gasteiger charge is -2.57. The third kappa shape index (κ3) is 3.47. The van der Waals surface area contributed by atoms with E-state index in [1.54, 1.807) is 11.3 Å². The summed E-state index contributed by atoms with van der Waals surface area (Å²) in [6.07, 6.45) is 0.570. The van der Waals surface area contributed by atoms with Crippen LogP contribution >= 0.6 is 23.7 Å². The summed E-state index contributed by atoms with van der Waals surface area (Å²) in [5, 5.41) is 5.03. The third-order valence-electron chi connectivity index (χ3n) is 5.16. The number of carbonyl (C=O) groups is 1. The molecular formula is C19H25ClN2O2S. The van der Waals surface area contributed by atoms with Crippen molar-refractivity contribution in [3.8, 4) is 10.4 Å². The van der Waals surface area contributed by atoms with E-state index >= 15 is 0 Å². The fourth-order valence-corrected chi connectivity index (χ4v) is 3.98. The molecule has 0 radical (unpaired) electrons. The number of rotatable bonds is 5. The van der Waals surface area contributed by atoms with Crippen LogP contribution in [0.2, 0.25) is 0 Å². The maximum absolute atomic E-state index is 12.8. The van der Waals surface area contributed by atoms with E-state index in [1.165, 1.54) is 4.88 Å². The van der Waals surface area contributed by atoms with Crippen molar-refractivity contribution in [2.75, 3.05) is 11.9 Å². The lowest BCUT2D eigenvalue weighted by atomic mass is 9.54. The molecule has 0 spiro atoms. The number of benzene rings is 1. The summed E-state index contributed by atoms with van der Waals surface area (Å²) in [6.45, 7) is 6.59. The van der Waals surface area contributed by atoms with E-state index in [0.717, 1.165) is 11.3 Å². The summed E-state index contributed by atoms with van der Waals surface area (Å²) < 4.78 is 5.70. The van der Waals surface area contributed by atoms with Crippen LogP contribution in [0.15, 0.2) is 41.8 Å². The van der Waals surface area contributed by atoms with Crippen LogP contribution < -0.4 is 11.1 Å². The van der Waals surface area contributed by atoms with Gasteiger partial charge in [-0.25, -0.2) is 0 Å². The predicted octanol–water partition coefficient (Wildman–Crippen LogP) is 4.31. The molecule has 1 aromatic heterocycles. The van der Waals surface area contributed by atoms with Crippen molar-refractivity contribution >= 4 is 35.3 Å². The van der Waals surface area contributed by atoms with Gasteiger partial charge in [-0.05, 0) is 36.1 Å². The standard InChI is InChI=1S/C19H24N2O2S.ClH/c1-4-23-16-12-19(20,18(16,2)3)17(22)21-14-8-5-7-13(11-14)15-9-6-10-24-15;/h5-11,16H,4,12,20H2,1-3H3,(H,21,22);1H. The number of carbonyl (C=O) groups excluding carboxylic acids is 1. The highest BCUT2D eigenvalue weighted by Gasteiger charge is 2.62. The number of hydrogen-bond donors (Lipinski definition) is 2. The summed E-state index contributed by atoms with van der Waals surface area (Å²) in [5.41, 5.74) is 7.00. The molecule has 1 fully saturated rings. The summed E-state index contributed by atoms with van der Waals surface area (Å²) in [4.78, 5) is 14.0. The zero-order valence-electron chi connectivity index (χ0n) is 14.7. The molecule has 2 atom stereocenters. The Labute approximate surface area is 159 Å². The van der Waals surface area contributed by atoms with Crippen molar-refractivity contribution in [3.05, 3.63) is 41.8 Å². The molecule has 3 rings (SSSR count). The van der Waals surface area contributed by atoms with Crippen LogP contribution in [0, 0.1) is 5.41 Å². The van der Waals surface area contributed by atoms with E-state index in [0.29, 0.717) is 13.0 Å². The van der Waals surface area contributed by atoms with Gasteiger partial charge < -0.3 is 15.8 Å². The summed E-state index contributed by atoms with van der Waals surface area (Å²) in [6, 6.07) is 12.0. The summed E-state index contributed by atoms with van der Waals surface area (Å²) in [7, 11) is 0. The minimum Gasteiger partial charge on any atom is -0.378 e. The number of thiophene rings is 1. The third-order valence-corrected chi connectivity index (χ3v) is 6.08. The van der Waals surface area contributed by atoms with E-state index in [1.807, 2.05) is 56.5 Å². The van der Waals surface area contributed by atoms with Gasteiger partial charge in [0, 0.05) is 29.0 Å². The molecule has 4 nitrogen and oxygen atoms in total. The zero-order chi connectivity index (χ0) is 17.4. The van der Waals surface area contributed by atoms with Gasteiger partial charge in [-0.2, -0.15) is 0 Å². The van der Waals surface area contributed by atoms with Gasteiger partial charge in [-0.15, -0.1) is 23.7 Å². The monoisotopic (exact) mass is 380 g/mol. The Hall–Kier alpha value is -1.40. The van der Waals surface area contributed by atoms with Crippen molar-refractivity contribution in [1.82, 2.24) is 0 Å². The predicted molar refractivity (Wildman–Crippen MR) is 106 cm³/mol. The molecule has 2 aromatic rings. The fraction of sp³-hybridized carbons (Fsp3) is 0.421. The Morgan fingerprint density at radius 3 is 2.72 bits per heavy atom. The molecule has 1 aliphatic carbocycles. The summed E-state index contributed by atoms with van der Waals surface area (Å²) >= 11 is 1.68. The molecule has 0 saturated heterocycles. The Bertz CT molecular complexity index is 733. The minimum absolute atomic E-state index is 0. The largest absolute Gasteiger partial charge is 0.378 e. The van der Waals surface area contributed by atoms with Crippen molar-refractivity contribution in [1.29, 1.82) is 0 Å². The van der Waals surface area contributed by atoms with E-state index in [4.69, 9.17) is 10.5 Å². The number of amides is 1. The Kier molecular flexibility index (Phi) is 5.94. The van der Waals surface area contributed by atoms with Crippen LogP contribution in [0.1, 0.15) is 27.2 Å². The van der Waals surface area contributed by atoms with Gasteiger partial charge in [0.2, 0.25) is 5.91 Å². The lowest BCUT2D eigenvalue weighted by Crippen LogP contribution is -2.74. The highest BCUT2D eigenvalue weighted by atomic mass is 35.5. The first-order valence-corrected chi connectivity index (χ1v) is 9.12. The molecule has 6 heteroatoms. The van der Waals surface area contributed by atoms with Crippen LogP contribution in [0.25, 0.3) is 10.4 Å². The van der Waals surface area contributed by atoms with Crippen molar-refractivity contribution in [3.63, 3.8) is 0 Å². The second-order valence-electron chi connectivity index (χ2n) is 6.85. The van der Waals surface area contributed by atoms with Gasteiger partial charge in [0.15, 0.2) is 0 Å². The molecule has 25 heavy (non-hydrogen) atoms. The first-order valence-electron chi connectivity index (χ1n) is 8.24. The SMILES string of the molecule is CCOC1CC(N)(C(=O)Nc2cccc(-c3cccs3)c2)C1(C)C.Cl. The number of hydrogen-bond acceptors (Lipinski definition) is 4. The topological polar surface area (TPSA) is 64.3 Å². The normalized spacial score (nSPS) is 24.1. The number of nitrogens with one attached hydrogen (secondary N) is 1. The molecule has 0 bridgehead atoms. The number of anilines is 1. The maximum atomic E-state index is 12.8. The number of ether oxygens (including phenoxy) is 1. The van der Waals surface area contributed by atoms with Crippen LogP contribution in [-0.4, -0.2) is 24.2 Å². The molecule has 1 aromatic carbocycles. The maximum Gasteiger partial charge on any atom is 0.245 e. The Morgan fingerprint density at radius 2 is 2.12 bits per heavy atom. The molecular weight excluding hydrogens is 356 g/mol. The first kappa shape index (κ1) is 19.9. The highest BCUT2D eigenvalue weighted by molar-refractivity contribution is 7.13. The van der Waals surface area contributed by atoms with Crippen molar-refractivity contribution in [2.24, 2.45) is 11.1 Å². The van der Waals surface area contributed by atoms with Gasteiger partial charge in [0.05, 0.1) is 6.10 Å². The average molecular weight is 381 g/mol. The van der Waals surface area contributed by atoms with Crippen LogP contribution in [0.3, 0.4) is 0 Å².